The van der Waals surface area contributed by atoms with Gasteiger partial charge in [-0.05, 0) is 61.1 Å². The molecule has 0 spiro atoms. The highest BCUT2D eigenvalue weighted by Gasteiger charge is 2.17. The zero-order valence-corrected chi connectivity index (χ0v) is 11.7. The molecule has 0 heterocycles. The van der Waals surface area contributed by atoms with Crippen LogP contribution in [0, 0.1) is 0 Å². The Bertz CT molecular complexity index is 562. The van der Waals surface area contributed by atoms with E-state index < -0.39 is 0 Å². The summed E-state index contributed by atoms with van der Waals surface area (Å²) in [6, 6.07) is 16.9. The Morgan fingerprint density at radius 1 is 1.00 bits per heavy atom. The zero-order valence-electron chi connectivity index (χ0n) is 11.7. The SMILES string of the molecule is Oc1ccc(CCNC2CCc3ccccc3C2)cc1. The number of fused-ring (bicyclic) bond motifs is 1. The molecule has 0 fully saturated rings. The number of aryl methyl sites for hydroxylation is 1. The number of hydrogen-bond donors (Lipinski definition) is 2. The minimum atomic E-state index is 0.339. The fourth-order valence-electron chi connectivity index (χ4n) is 2.96. The van der Waals surface area contributed by atoms with E-state index in [9.17, 15) is 5.11 Å². The van der Waals surface area contributed by atoms with Gasteiger partial charge in [-0.1, -0.05) is 36.4 Å². The lowest BCUT2D eigenvalue weighted by atomic mass is 9.88. The predicted molar refractivity (Wildman–Crippen MR) is 82.1 cm³/mol. The standard InChI is InChI=1S/C18H21NO/c20-18-9-5-14(6-10-18)11-12-19-17-8-7-15-3-1-2-4-16(15)13-17/h1-6,9-10,17,19-20H,7-8,11-13H2. The molecule has 0 saturated heterocycles. The molecule has 0 aliphatic heterocycles. The first-order chi connectivity index (χ1) is 9.81. The van der Waals surface area contributed by atoms with Crippen LogP contribution in [-0.2, 0) is 19.3 Å². The third kappa shape index (κ3) is 3.20. The van der Waals surface area contributed by atoms with Crippen LogP contribution in [0.1, 0.15) is 23.1 Å². The van der Waals surface area contributed by atoms with Crippen LogP contribution < -0.4 is 5.32 Å². The maximum Gasteiger partial charge on any atom is 0.115 e. The van der Waals surface area contributed by atoms with E-state index in [-0.39, 0.29) is 0 Å². The average Bonchev–Trinajstić information content (AvgIpc) is 2.49. The highest BCUT2D eigenvalue weighted by molar-refractivity contribution is 5.30. The normalized spacial score (nSPS) is 17.7. The monoisotopic (exact) mass is 267 g/mol. The van der Waals surface area contributed by atoms with Gasteiger partial charge in [0.15, 0.2) is 0 Å². The van der Waals surface area contributed by atoms with E-state index in [1.807, 2.05) is 12.1 Å². The van der Waals surface area contributed by atoms with Crippen molar-refractivity contribution in [3.05, 3.63) is 65.2 Å². The first-order valence-electron chi connectivity index (χ1n) is 7.39. The highest BCUT2D eigenvalue weighted by Crippen LogP contribution is 2.21. The van der Waals surface area contributed by atoms with Crippen LogP contribution in [0.5, 0.6) is 5.75 Å². The lowest BCUT2D eigenvalue weighted by molar-refractivity contribution is 0.461. The van der Waals surface area contributed by atoms with Crippen molar-refractivity contribution in [2.75, 3.05) is 6.54 Å². The summed E-state index contributed by atoms with van der Waals surface area (Å²) in [5.41, 5.74) is 4.29. The van der Waals surface area contributed by atoms with Gasteiger partial charge in [0.2, 0.25) is 0 Å². The van der Waals surface area contributed by atoms with Crippen LogP contribution in [0.25, 0.3) is 0 Å². The molecular formula is C18H21NO. The molecule has 1 aliphatic carbocycles. The zero-order chi connectivity index (χ0) is 13.8. The Balaban J connectivity index is 1.49. The molecule has 0 radical (unpaired) electrons. The van der Waals surface area contributed by atoms with E-state index >= 15 is 0 Å². The van der Waals surface area contributed by atoms with Gasteiger partial charge in [-0.15, -0.1) is 0 Å². The maximum atomic E-state index is 9.26. The van der Waals surface area contributed by atoms with Gasteiger partial charge >= 0.3 is 0 Å². The second-order valence-corrected chi connectivity index (χ2v) is 5.58. The minimum absolute atomic E-state index is 0.339. The van der Waals surface area contributed by atoms with Gasteiger partial charge in [-0.3, -0.25) is 0 Å². The molecule has 2 nitrogen and oxygen atoms in total. The van der Waals surface area contributed by atoms with Crippen molar-refractivity contribution in [2.45, 2.75) is 31.7 Å². The van der Waals surface area contributed by atoms with Crippen molar-refractivity contribution in [1.82, 2.24) is 5.32 Å². The summed E-state index contributed by atoms with van der Waals surface area (Å²) in [7, 11) is 0. The molecule has 2 N–H and O–H groups in total. The summed E-state index contributed by atoms with van der Waals surface area (Å²) >= 11 is 0. The Morgan fingerprint density at radius 3 is 2.55 bits per heavy atom. The van der Waals surface area contributed by atoms with Crippen molar-refractivity contribution in [1.29, 1.82) is 0 Å². The second-order valence-electron chi connectivity index (χ2n) is 5.58. The van der Waals surface area contributed by atoms with E-state index in [2.05, 4.69) is 29.6 Å². The van der Waals surface area contributed by atoms with E-state index in [1.165, 1.54) is 29.5 Å². The molecule has 1 atom stereocenters. The van der Waals surface area contributed by atoms with Gasteiger partial charge in [0.25, 0.3) is 0 Å². The van der Waals surface area contributed by atoms with Crippen molar-refractivity contribution >= 4 is 0 Å². The molecule has 2 aromatic rings. The molecule has 1 aliphatic rings. The lowest BCUT2D eigenvalue weighted by Crippen LogP contribution is -2.35. The number of hydrogen-bond acceptors (Lipinski definition) is 2. The number of phenolic OH excluding ortho intramolecular Hbond substituents is 1. The third-order valence-corrected chi connectivity index (χ3v) is 4.13. The Morgan fingerprint density at radius 2 is 1.75 bits per heavy atom. The Kier molecular flexibility index (Phi) is 4.03. The van der Waals surface area contributed by atoms with Crippen molar-refractivity contribution in [3.8, 4) is 5.75 Å². The average molecular weight is 267 g/mol. The van der Waals surface area contributed by atoms with Crippen molar-refractivity contribution in [2.24, 2.45) is 0 Å². The van der Waals surface area contributed by atoms with Crippen LogP contribution in [0.15, 0.2) is 48.5 Å². The van der Waals surface area contributed by atoms with Gasteiger partial charge in [-0.2, -0.15) is 0 Å². The Hall–Kier alpha value is -1.80. The van der Waals surface area contributed by atoms with E-state index in [0.717, 1.165) is 19.4 Å². The van der Waals surface area contributed by atoms with E-state index in [1.54, 1.807) is 12.1 Å². The summed E-state index contributed by atoms with van der Waals surface area (Å²) in [6.45, 7) is 0.998. The molecule has 0 aromatic heterocycles. The fraction of sp³-hybridized carbons (Fsp3) is 0.333. The minimum Gasteiger partial charge on any atom is -0.508 e. The van der Waals surface area contributed by atoms with Crippen LogP contribution >= 0.6 is 0 Å². The molecule has 2 aromatic carbocycles. The van der Waals surface area contributed by atoms with Gasteiger partial charge in [0.1, 0.15) is 5.75 Å². The van der Waals surface area contributed by atoms with Crippen LogP contribution in [0.2, 0.25) is 0 Å². The largest absolute Gasteiger partial charge is 0.508 e. The molecular weight excluding hydrogens is 246 g/mol. The predicted octanol–water partition coefficient (Wildman–Crippen LogP) is 3.08. The van der Waals surface area contributed by atoms with Gasteiger partial charge < -0.3 is 10.4 Å². The van der Waals surface area contributed by atoms with E-state index in [0.29, 0.717) is 11.8 Å². The summed E-state index contributed by atoms with van der Waals surface area (Å²) in [5.74, 6) is 0.339. The van der Waals surface area contributed by atoms with Crippen LogP contribution in [0.4, 0.5) is 0 Å². The number of rotatable bonds is 4. The molecule has 1 unspecified atom stereocenters. The molecule has 3 rings (SSSR count). The quantitative estimate of drug-likeness (QED) is 0.892. The van der Waals surface area contributed by atoms with Gasteiger partial charge in [0.05, 0.1) is 0 Å². The summed E-state index contributed by atoms with van der Waals surface area (Å²) in [4.78, 5) is 0. The number of phenols is 1. The molecule has 20 heavy (non-hydrogen) atoms. The summed E-state index contributed by atoms with van der Waals surface area (Å²) in [6.07, 6.45) is 4.57. The molecule has 0 bridgehead atoms. The van der Waals surface area contributed by atoms with Crippen LogP contribution in [-0.4, -0.2) is 17.7 Å². The molecule has 0 saturated carbocycles. The highest BCUT2D eigenvalue weighted by atomic mass is 16.3. The summed E-state index contributed by atoms with van der Waals surface area (Å²) < 4.78 is 0. The molecule has 2 heteroatoms. The number of benzene rings is 2. The third-order valence-electron chi connectivity index (χ3n) is 4.13. The first kappa shape index (κ1) is 13.2. The molecule has 0 amide bonds. The van der Waals surface area contributed by atoms with E-state index in [4.69, 9.17) is 0 Å². The van der Waals surface area contributed by atoms with Crippen molar-refractivity contribution in [3.63, 3.8) is 0 Å². The summed E-state index contributed by atoms with van der Waals surface area (Å²) in [5, 5.41) is 12.9. The smallest absolute Gasteiger partial charge is 0.115 e. The Labute approximate surface area is 120 Å². The van der Waals surface area contributed by atoms with Gasteiger partial charge in [0, 0.05) is 6.04 Å². The van der Waals surface area contributed by atoms with Gasteiger partial charge in [-0.25, -0.2) is 0 Å². The first-order valence-corrected chi connectivity index (χ1v) is 7.39. The molecule has 104 valence electrons. The van der Waals surface area contributed by atoms with Crippen LogP contribution in [0.3, 0.4) is 0 Å². The number of nitrogens with one attached hydrogen (secondary N) is 1. The topological polar surface area (TPSA) is 32.3 Å². The fourth-order valence-corrected chi connectivity index (χ4v) is 2.96. The lowest BCUT2D eigenvalue weighted by Gasteiger charge is -2.25. The second kappa shape index (κ2) is 6.10. The van der Waals surface area contributed by atoms with Crippen molar-refractivity contribution < 1.29 is 5.11 Å². The number of aromatic hydroxyl groups is 1. The maximum absolute atomic E-state index is 9.26.